The maximum atomic E-state index is 13.1. The highest BCUT2D eigenvalue weighted by atomic mass is 16.5. The van der Waals surface area contributed by atoms with E-state index in [-0.39, 0.29) is 5.78 Å². The molecule has 0 saturated carbocycles. The molecule has 38 heavy (non-hydrogen) atoms. The Bertz CT molecular complexity index is 1190. The molecule has 2 radical (unpaired) electrons. The van der Waals surface area contributed by atoms with Crippen molar-refractivity contribution >= 4 is 22.5 Å². The predicted octanol–water partition coefficient (Wildman–Crippen LogP) is 10.1. The van der Waals surface area contributed by atoms with Crippen molar-refractivity contribution in [3.05, 3.63) is 95.3 Å². The van der Waals surface area contributed by atoms with Gasteiger partial charge in [-0.15, -0.1) is 0 Å². The van der Waals surface area contributed by atoms with Gasteiger partial charge in [-0.3, -0.25) is 4.79 Å². The van der Waals surface area contributed by atoms with Crippen LogP contribution in [0.4, 0.5) is 0 Å². The summed E-state index contributed by atoms with van der Waals surface area (Å²) in [6.07, 6.45) is 17.0. The van der Waals surface area contributed by atoms with Crippen LogP contribution in [0.1, 0.15) is 106 Å². The molecule has 0 bridgehead atoms. The molecule has 0 heterocycles. The molecule has 5 rings (SSSR count). The monoisotopic (exact) mass is 510 g/mol. The van der Waals surface area contributed by atoms with Gasteiger partial charge in [-0.05, 0) is 90.3 Å². The third kappa shape index (κ3) is 7.37. The number of carbonyl (C=O) groups is 1. The van der Waals surface area contributed by atoms with Crippen LogP contribution in [0.2, 0.25) is 0 Å². The molecule has 2 unspecified atom stereocenters. The standard InChI is InChI=1S/C32H34O2.2C2H6/c1-21-10-11-24(27-16-18-28(22(2)20-27)25-12-13-25)7-4-6-23(21)17-19-31(33)30-9-5-8-29(26-14-15-26)32(30)34-3;2*1-2/h5,8-9,11-16,18,20-21,23H,4,6-7,10,17,19H2,1-3H3;2*1-2H3/b24-11-;;. The van der Waals surface area contributed by atoms with Gasteiger partial charge >= 0.3 is 0 Å². The summed E-state index contributed by atoms with van der Waals surface area (Å²) in [5.41, 5.74) is 9.86. The Hall–Kier alpha value is -2.87. The first-order valence-corrected chi connectivity index (χ1v) is 14.7. The van der Waals surface area contributed by atoms with Crippen LogP contribution in [-0.2, 0) is 0 Å². The van der Waals surface area contributed by atoms with Crippen molar-refractivity contribution in [2.75, 3.05) is 7.11 Å². The van der Waals surface area contributed by atoms with Gasteiger partial charge < -0.3 is 4.74 Å². The van der Waals surface area contributed by atoms with Crippen LogP contribution in [0.3, 0.4) is 0 Å². The Balaban J connectivity index is 0.000000956. The molecule has 0 saturated heterocycles. The minimum Gasteiger partial charge on any atom is -0.495 e. The van der Waals surface area contributed by atoms with Crippen molar-refractivity contribution in [3.8, 4) is 5.75 Å². The van der Waals surface area contributed by atoms with Crippen LogP contribution < -0.4 is 4.74 Å². The smallest absolute Gasteiger partial charge is 0.166 e. The van der Waals surface area contributed by atoms with Crippen LogP contribution in [0.15, 0.2) is 54.6 Å². The van der Waals surface area contributed by atoms with E-state index in [1.165, 1.54) is 40.7 Å². The number of allylic oxidation sites excluding steroid dienone is 6. The fraction of sp³-hybridized carbons (Fsp3) is 0.417. The molecule has 2 aromatic rings. The summed E-state index contributed by atoms with van der Waals surface area (Å²) in [4.78, 5) is 13.1. The highest BCUT2D eigenvalue weighted by Crippen LogP contribution is 2.39. The van der Waals surface area contributed by atoms with Gasteiger partial charge in [-0.1, -0.05) is 83.2 Å². The van der Waals surface area contributed by atoms with Gasteiger partial charge in [0.25, 0.3) is 0 Å². The van der Waals surface area contributed by atoms with Crippen LogP contribution in [0.5, 0.6) is 5.75 Å². The third-order valence-corrected chi connectivity index (χ3v) is 7.71. The van der Waals surface area contributed by atoms with Gasteiger partial charge in [0.2, 0.25) is 0 Å². The van der Waals surface area contributed by atoms with Crippen molar-refractivity contribution in [1.82, 2.24) is 0 Å². The molecule has 0 amide bonds. The van der Waals surface area contributed by atoms with Crippen molar-refractivity contribution in [2.45, 2.75) is 80.1 Å². The van der Waals surface area contributed by atoms with E-state index in [9.17, 15) is 4.79 Å². The third-order valence-electron chi connectivity index (χ3n) is 7.71. The number of aryl methyl sites for hydroxylation is 1. The number of hydrogen-bond acceptors (Lipinski definition) is 2. The lowest BCUT2D eigenvalue weighted by Gasteiger charge is -2.26. The zero-order valence-electron chi connectivity index (χ0n) is 24.6. The van der Waals surface area contributed by atoms with E-state index in [1.54, 1.807) is 7.11 Å². The molecule has 0 aromatic heterocycles. The maximum absolute atomic E-state index is 13.1. The molecule has 0 spiro atoms. The zero-order chi connectivity index (χ0) is 27.7. The summed E-state index contributed by atoms with van der Waals surface area (Å²) in [5, 5.41) is 0. The number of para-hydroxylation sites is 1. The molecule has 2 aromatic carbocycles. The molecule has 0 aliphatic heterocycles. The van der Waals surface area contributed by atoms with Gasteiger partial charge in [0.05, 0.1) is 12.7 Å². The van der Waals surface area contributed by atoms with E-state index in [4.69, 9.17) is 4.74 Å². The van der Waals surface area contributed by atoms with Gasteiger partial charge in [0.1, 0.15) is 5.75 Å². The minimum atomic E-state index is 0.198. The van der Waals surface area contributed by atoms with E-state index < -0.39 is 0 Å². The average Bonchev–Trinajstić information content (AvgIpc) is 3.86. The van der Waals surface area contributed by atoms with Crippen LogP contribution in [0.25, 0.3) is 16.7 Å². The lowest BCUT2D eigenvalue weighted by atomic mass is 9.79. The van der Waals surface area contributed by atoms with Crippen molar-refractivity contribution < 1.29 is 9.53 Å². The van der Waals surface area contributed by atoms with Gasteiger partial charge in [-0.2, -0.15) is 0 Å². The molecule has 202 valence electrons. The predicted molar refractivity (Wildman–Crippen MR) is 164 cm³/mol. The second kappa shape index (κ2) is 14.3. The summed E-state index contributed by atoms with van der Waals surface area (Å²) >= 11 is 0. The Morgan fingerprint density at radius 3 is 2.29 bits per heavy atom. The molecule has 2 atom stereocenters. The van der Waals surface area contributed by atoms with Crippen molar-refractivity contribution in [2.24, 2.45) is 11.8 Å². The van der Waals surface area contributed by atoms with Crippen molar-refractivity contribution in [3.63, 3.8) is 0 Å². The van der Waals surface area contributed by atoms with Gasteiger partial charge in [0, 0.05) is 24.8 Å². The highest BCUT2D eigenvalue weighted by Gasteiger charge is 2.24. The fourth-order valence-corrected chi connectivity index (χ4v) is 5.44. The first-order chi connectivity index (χ1) is 18.5. The van der Waals surface area contributed by atoms with Crippen LogP contribution in [0, 0.1) is 31.6 Å². The quantitative estimate of drug-likeness (QED) is 0.330. The number of hydrogen-bond donors (Lipinski definition) is 0. The number of benzene rings is 2. The van der Waals surface area contributed by atoms with E-state index in [1.807, 2.05) is 45.9 Å². The number of ketones is 1. The SMILES string of the molecule is CC.CC.COc1c(C(=O)CCC2CCC/C(c3ccc(C4=C[CH]4)c(C)c3)=C/CC2C)cccc1C1=C[CH]1. The van der Waals surface area contributed by atoms with Gasteiger partial charge in [0.15, 0.2) is 5.78 Å². The van der Waals surface area contributed by atoms with E-state index >= 15 is 0 Å². The van der Waals surface area contributed by atoms with Crippen molar-refractivity contribution in [1.29, 1.82) is 0 Å². The topological polar surface area (TPSA) is 26.3 Å². The van der Waals surface area contributed by atoms with E-state index in [2.05, 4.69) is 63.1 Å². The number of methoxy groups -OCH3 is 1. The molecular weight excluding hydrogens is 464 g/mol. The number of carbonyl (C=O) groups excluding carboxylic acids is 1. The Morgan fingerprint density at radius 1 is 0.974 bits per heavy atom. The van der Waals surface area contributed by atoms with Crippen LogP contribution >= 0.6 is 0 Å². The normalized spacial score (nSPS) is 21.0. The molecule has 3 aliphatic rings. The summed E-state index contributed by atoms with van der Waals surface area (Å²) in [6, 6.07) is 12.8. The van der Waals surface area contributed by atoms with Crippen LogP contribution in [-0.4, -0.2) is 12.9 Å². The number of Topliss-reactive ketones (excluding diaryl/α,β-unsaturated/α-hetero) is 1. The first kappa shape index (κ1) is 29.7. The molecular formula is C36H46O2. The molecule has 3 aliphatic carbocycles. The summed E-state index contributed by atoms with van der Waals surface area (Å²) in [7, 11) is 1.66. The summed E-state index contributed by atoms with van der Waals surface area (Å²) < 4.78 is 5.64. The Labute approximate surface area is 231 Å². The van der Waals surface area contributed by atoms with E-state index in [0.717, 1.165) is 41.7 Å². The molecule has 2 heteroatoms. The minimum absolute atomic E-state index is 0.198. The lowest BCUT2D eigenvalue weighted by Crippen LogP contribution is -2.15. The van der Waals surface area contributed by atoms with Gasteiger partial charge in [-0.25, -0.2) is 0 Å². The zero-order valence-corrected chi connectivity index (χ0v) is 24.6. The second-order valence-corrected chi connectivity index (χ2v) is 10.0. The second-order valence-electron chi connectivity index (χ2n) is 10.0. The fourth-order valence-electron chi connectivity index (χ4n) is 5.44. The first-order valence-electron chi connectivity index (χ1n) is 14.7. The van der Waals surface area contributed by atoms with E-state index in [0.29, 0.717) is 18.3 Å². The number of ether oxygens (including phenoxy) is 1. The highest BCUT2D eigenvalue weighted by molar-refractivity contribution is 6.02. The largest absolute Gasteiger partial charge is 0.495 e. The maximum Gasteiger partial charge on any atom is 0.166 e. The lowest BCUT2D eigenvalue weighted by molar-refractivity contribution is 0.0964. The Morgan fingerprint density at radius 2 is 1.66 bits per heavy atom. The Kier molecular flexibility index (Phi) is 11.2. The summed E-state index contributed by atoms with van der Waals surface area (Å²) in [5.74, 6) is 2.08. The average molecular weight is 511 g/mol. The molecule has 2 nitrogen and oxygen atoms in total. The molecule has 0 fully saturated rings. The summed E-state index contributed by atoms with van der Waals surface area (Å²) in [6.45, 7) is 12.6. The molecule has 0 N–H and O–H groups in total. The number of rotatable bonds is 8.